The van der Waals surface area contributed by atoms with Crippen molar-refractivity contribution in [2.75, 3.05) is 11.4 Å². The summed E-state index contributed by atoms with van der Waals surface area (Å²) >= 11 is 6.07. The number of piperidine rings is 1. The number of nitrogens with zero attached hydrogens (tertiary/aromatic N) is 1. The van der Waals surface area contributed by atoms with Crippen LogP contribution in [0.4, 0.5) is 5.69 Å². The van der Waals surface area contributed by atoms with Gasteiger partial charge in [0.1, 0.15) is 5.78 Å². The molecule has 2 rings (SSSR count). The van der Waals surface area contributed by atoms with E-state index in [1.807, 2.05) is 18.2 Å². The Morgan fingerprint density at radius 1 is 1.41 bits per heavy atom. The third kappa shape index (κ3) is 2.34. The van der Waals surface area contributed by atoms with Gasteiger partial charge in [-0.05, 0) is 31.9 Å². The molecule has 0 unspecified atom stereocenters. The van der Waals surface area contributed by atoms with Gasteiger partial charge in [0.25, 0.3) is 0 Å². The van der Waals surface area contributed by atoms with E-state index < -0.39 is 5.92 Å². The third-order valence-electron chi connectivity index (χ3n) is 3.07. The van der Waals surface area contributed by atoms with Gasteiger partial charge in [-0.15, -0.1) is 0 Å². The quantitative estimate of drug-likeness (QED) is 0.758. The van der Waals surface area contributed by atoms with Crippen LogP contribution in [0.25, 0.3) is 0 Å². The summed E-state index contributed by atoms with van der Waals surface area (Å²) in [5.41, 5.74) is 0.699. The lowest BCUT2D eigenvalue weighted by Gasteiger charge is -2.31. The van der Waals surface area contributed by atoms with Crippen molar-refractivity contribution in [1.82, 2.24) is 0 Å². The van der Waals surface area contributed by atoms with Crippen molar-refractivity contribution >= 4 is 29.0 Å². The minimum Gasteiger partial charge on any atom is -0.310 e. The minimum absolute atomic E-state index is 0.0632. The Morgan fingerprint density at radius 2 is 2.12 bits per heavy atom. The number of halogens is 1. The molecule has 0 saturated carbocycles. The lowest BCUT2D eigenvalue weighted by atomic mass is 9.93. The lowest BCUT2D eigenvalue weighted by Crippen LogP contribution is -2.43. The summed E-state index contributed by atoms with van der Waals surface area (Å²) in [5, 5.41) is 0.546. The molecular formula is C13H14ClNO2. The molecule has 1 aliphatic heterocycles. The molecule has 1 aromatic rings. The zero-order valence-electron chi connectivity index (χ0n) is 9.65. The summed E-state index contributed by atoms with van der Waals surface area (Å²) in [6.45, 7) is 2.10. The number of para-hydroxylation sites is 1. The van der Waals surface area contributed by atoms with Crippen LogP contribution in [0.3, 0.4) is 0 Å². The van der Waals surface area contributed by atoms with Crippen LogP contribution in [-0.4, -0.2) is 18.2 Å². The molecule has 0 aromatic heterocycles. The van der Waals surface area contributed by atoms with E-state index in [1.54, 1.807) is 11.0 Å². The van der Waals surface area contributed by atoms with E-state index in [1.165, 1.54) is 6.92 Å². The number of amides is 1. The van der Waals surface area contributed by atoms with E-state index in [2.05, 4.69) is 0 Å². The third-order valence-corrected chi connectivity index (χ3v) is 3.39. The molecule has 1 fully saturated rings. The van der Waals surface area contributed by atoms with Crippen molar-refractivity contribution in [3.8, 4) is 0 Å². The molecule has 1 atom stereocenters. The number of carbonyl (C=O) groups is 2. The van der Waals surface area contributed by atoms with Crippen molar-refractivity contribution in [3.63, 3.8) is 0 Å². The van der Waals surface area contributed by atoms with Crippen molar-refractivity contribution in [2.45, 2.75) is 19.8 Å². The highest BCUT2D eigenvalue weighted by atomic mass is 35.5. The molecule has 4 heteroatoms. The number of carbonyl (C=O) groups excluding carboxylic acids is 2. The molecular weight excluding hydrogens is 238 g/mol. The van der Waals surface area contributed by atoms with Gasteiger partial charge in [-0.2, -0.15) is 0 Å². The topological polar surface area (TPSA) is 37.4 Å². The molecule has 1 amide bonds. The second-order valence-corrected chi connectivity index (χ2v) is 4.65. The first-order valence-electron chi connectivity index (χ1n) is 5.67. The van der Waals surface area contributed by atoms with Gasteiger partial charge in [0.2, 0.25) is 5.91 Å². The predicted octanol–water partition coefficient (Wildman–Crippen LogP) is 2.67. The fraction of sp³-hybridized carbons (Fsp3) is 0.385. The Hall–Kier alpha value is -1.35. The van der Waals surface area contributed by atoms with Crippen molar-refractivity contribution in [2.24, 2.45) is 5.92 Å². The number of Topliss-reactive ketones (excluding diaryl/α,β-unsaturated/α-hetero) is 1. The molecule has 1 heterocycles. The van der Waals surface area contributed by atoms with E-state index in [0.29, 0.717) is 23.7 Å². The highest BCUT2D eigenvalue weighted by Gasteiger charge is 2.33. The zero-order valence-corrected chi connectivity index (χ0v) is 10.4. The first-order valence-corrected chi connectivity index (χ1v) is 6.05. The first-order chi connectivity index (χ1) is 8.11. The molecule has 0 aliphatic carbocycles. The number of anilines is 1. The maximum atomic E-state index is 12.2. The summed E-state index contributed by atoms with van der Waals surface area (Å²) in [6, 6.07) is 7.22. The molecule has 0 spiro atoms. The van der Waals surface area contributed by atoms with E-state index in [9.17, 15) is 9.59 Å². The van der Waals surface area contributed by atoms with Gasteiger partial charge in [-0.25, -0.2) is 0 Å². The first kappa shape index (κ1) is 12.1. The summed E-state index contributed by atoms with van der Waals surface area (Å²) < 4.78 is 0. The second-order valence-electron chi connectivity index (χ2n) is 4.25. The van der Waals surface area contributed by atoms with Crippen LogP contribution in [-0.2, 0) is 9.59 Å². The Balaban J connectivity index is 2.30. The van der Waals surface area contributed by atoms with Crippen LogP contribution in [0.1, 0.15) is 19.8 Å². The number of rotatable bonds is 2. The van der Waals surface area contributed by atoms with Gasteiger partial charge in [0.05, 0.1) is 16.6 Å². The summed E-state index contributed by atoms with van der Waals surface area (Å²) in [5.74, 6) is -0.691. The number of ketones is 1. The molecule has 0 N–H and O–H groups in total. The maximum Gasteiger partial charge on any atom is 0.237 e. The van der Waals surface area contributed by atoms with Crippen molar-refractivity contribution < 1.29 is 9.59 Å². The standard InChI is InChI=1S/C13H14ClNO2/c1-9(16)10-5-4-8-15(13(10)17)12-7-3-2-6-11(12)14/h2-3,6-7,10H,4-5,8H2,1H3/t10-/m1/s1. The van der Waals surface area contributed by atoms with Gasteiger partial charge >= 0.3 is 0 Å². The van der Waals surface area contributed by atoms with Gasteiger partial charge in [-0.1, -0.05) is 23.7 Å². The maximum absolute atomic E-state index is 12.2. The summed E-state index contributed by atoms with van der Waals surface area (Å²) in [4.78, 5) is 25.2. The Kier molecular flexibility index (Phi) is 3.48. The Morgan fingerprint density at radius 3 is 2.76 bits per heavy atom. The zero-order chi connectivity index (χ0) is 12.4. The minimum atomic E-state index is -0.500. The van der Waals surface area contributed by atoms with Gasteiger partial charge in [0.15, 0.2) is 0 Å². The van der Waals surface area contributed by atoms with Crippen molar-refractivity contribution in [3.05, 3.63) is 29.3 Å². The van der Waals surface area contributed by atoms with Crippen LogP contribution in [0, 0.1) is 5.92 Å². The van der Waals surface area contributed by atoms with Crippen molar-refractivity contribution in [1.29, 1.82) is 0 Å². The van der Waals surface area contributed by atoms with E-state index in [0.717, 1.165) is 6.42 Å². The van der Waals surface area contributed by atoms with Crippen LogP contribution < -0.4 is 4.90 Å². The average Bonchev–Trinajstić information content (AvgIpc) is 2.30. The SMILES string of the molecule is CC(=O)[C@H]1CCCN(c2ccccc2Cl)C1=O. The molecule has 17 heavy (non-hydrogen) atoms. The summed E-state index contributed by atoms with van der Waals surface area (Å²) in [7, 11) is 0. The van der Waals surface area contributed by atoms with Gasteiger partial charge < -0.3 is 4.90 Å². The molecule has 3 nitrogen and oxygen atoms in total. The molecule has 1 aliphatic rings. The van der Waals surface area contributed by atoms with E-state index >= 15 is 0 Å². The average molecular weight is 252 g/mol. The Bertz CT molecular complexity index is 458. The largest absolute Gasteiger partial charge is 0.310 e. The smallest absolute Gasteiger partial charge is 0.237 e. The van der Waals surface area contributed by atoms with Gasteiger partial charge in [-0.3, -0.25) is 9.59 Å². The van der Waals surface area contributed by atoms with Crippen LogP contribution in [0.2, 0.25) is 5.02 Å². The molecule has 0 bridgehead atoms. The second kappa shape index (κ2) is 4.88. The lowest BCUT2D eigenvalue weighted by molar-refractivity contribution is -0.132. The van der Waals surface area contributed by atoms with E-state index in [4.69, 9.17) is 11.6 Å². The van der Waals surface area contributed by atoms with Gasteiger partial charge in [0, 0.05) is 6.54 Å². The summed E-state index contributed by atoms with van der Waals surface area (Å²) in [6.07, 6.45) is 1.48. The van der Waals surface area contributed by atoms with Crippen LogP contribution in [0.5, 0.6) is 0 Å². The monoisotopic (exact) mass is 251 g/mol. The predicted molar refractivity (Wildman–Crippen MR) is 67.2 cm³/mol. The van der Waals surface area contributed by atoms with Crippen LogP contribution in [0.15, 0.2) is 24.3 Å². The Labute approximate surface area is 105 Å². The highest BCUT2D eigenvalue weighted by molar-refractivity contribution is 6.34. The normalized spacial score (nSPS) is 20.5. The fourth-order valence-corrected chi connectivity index (χ4v) is 2.40. The molecule has 1 saturated heterocycles. The molecule has 90 valence electrons. The number of benzene rings is 1. The molecule has 1 aromatic carbocycles. The number of hydrogen-bond donors (Lipinski definition) is 0. The van der Waals surface area contributed by atoms with E-state index in [-0.39, 0.29) is 11.7 Å². The molecule has 0 radical (unpaired) electrons. The number of hydrogen-bond acceptors (Lipinski definition) is 2. The fourth-order valence-electron chi connectivity index (χ4n) is 2.16. The van der Waals surface area contributed by atoms with Crippen LogP contribution >= 0.6 is 11.6 Å². The highest BCUT2D eigenvalue weighted by Crippen LogP contribution is 2.30.